The fourth-order valence-corrected chi connectivity index (χ4v) is 6.44. The number of ether oxygens (including phenoxy) is 1. The topological polar surface area (TPSA) is 66.8 Å². The Balaban J connectivity index is 1.20. The van der Waals surface area contributed by atoms with Crippen LogP contribution in [0.5, 0.6) is 0 Å². The second-order valence-corrected chi connectivity index (χ2v) is 9.58. The lowest BCUT2D eigenvalue weighted by atomic mass is 9.40. The maximum atomic E-state index is 13.0. The second-order valence-electron chi connectivity index (χ2n) is 9.58. The number of nitrogens with zero attached hydrogens (tertiary/aromatic N) is 1. The summed E-state index contributed by atoms with van der Waals surface area (Å²) in [7, 11) is 0. The molecule has 3 saturated carbocycles. The smallest absolute Gasteiger partial charge is 0.410 e. The van der Waals surface area contributed by atoms with Crippen molar-refractivity contribution in [3.63, 3.8) is 0 Å². The van der Waals surface area contributed by atoms with Crippen LogP contribution < -0.4 is 0 Å². The van der Waals surface area contributed by atoms with E-state index >= 15 is 0 Å². The van der Waals surface area contributed by atoms with Crippen LogP contribution >= 0.6 is 0 Å². The first-order valence-electron chi connectivity index (χ1n) is 10.9. The predicted octanol–water partition coefficient (Wildman–Crippen LogP) is 4.51. The molecule has 2 aromatic carbocycles. The van der Waals surface area contributed by atoms with Crippen LogP contribution in [-0.4, -0.2) is 41.3 Å². The molecule has 2 aromatic rings. The van der Waals surface area contributed by atoms with Crippen molar-refractivity contribution in [1.29, 1.82) is 0 Å². The molecule has 2 bridgehead atoms. The summed E-state index contributed by atoms with van der Waals surface area (Å²) in [5.41, 5.74) is 4.99. The van der Waals surface area contributed by atoms with Gasteiger partial charge in [-0.3, -0.25) is 4.90 Å². The SMILES string of the molecule is O=C(O)[C@@H]1CC(C23CC(C2)C3)CN1C(=O)OCC1c2ccccc2-c2ccccc21. The Kier molecular flexibility index (Phi) is 3.80. The molecule has 1 unspecified atom stereocenters. The van der Waals surface area contributed by atoms with Gasteiger partial charge in [-0.15, -0.1) is 0 Å². The van der Waals surface area contributed by atoms with E-state index in [0.717, 1.165) is 17.0 Å². The van der Waals surface area contributed by atoms with Gasteiger partial charge in [0.2, 0.25) is 0 Å². The van der Waals surface area contributed by atoms with E-state index in [2.05, 4.69) is 24.3 Å². The molecular weight excluding hydrogens is 378 g/mol. The third kappa shape index (κ3) is 2.47. The van der Waals surface area contributed by atoms with Crippen LogP contribution in [0.1, 0.15) is 42.7 Å². The van der Waals surface area contributed by atoms with Crippen molar-refractivity contribution in [2.24, 2.45) is 17.3 Å². The molecule has 5 heteroatoms. The molecule has 0 radical (unpaired) electrons. The lowest BCUT2D eigenvalue weighted by Crippen LogP contribution is -2.56. The normalized spacial score (nSPS) is 30.8. The first-order valence-corrected chi connectivity index (χ1v) is 10.9. The highest BCUT2D eigenvalue weighted by molar-refractivity contribution is 5.81. The number of hydrogen-bond donors (Lipinski definition) is 1. The van der Waals surface area contributed by atoms with Gasteiger partial charge in [0.15, 0.2) is 0 Å². The van der Waals surface area contributed by atoms with Crippen molar-refractivity contribution in [1.82, 2.24) is 4.90 Å². The number of carbonyl (C=O) groups excluding carboxylic acids is 1. The molecule has 1 N–H and O–H groups in total. The molecule has 1 amide bonds. The Bertz CT molecular complexity index is 984. The van der Waals surface area contributed by atoms with Gasteiger partial charge in [-0.05, 0) is 65.2 Å². The van der Waals surface area contributed by atoms with E-state index in [9.17, 15) is 14.7 Å². The van der Waals surface area contributed by atoms with E-state index in [0.29, 0.717) is 24.3 Å². The zero-order valence-electron chi connectivity index (χ0n) is 16.8. The van der Waals surface area contributed by atoms with Gasteiger partial charge in [-0.25, -0.2) is 9.59 Å². The first-order chi connectivity index (χ1) is 14.6. The first kappa shape index (κ1) is 18.0. The minimum absolute atomic E-state index is 0.0133. The average molecular weight is 403 g/mol. The van der Waals surface area contributed by atoms with Crippen LogP contribution in [0.15, 0.2) is 48.5 Å². The number of hydrogen-bond acceptors (Lipinski definition) is 3. The van der Waals surface area contributed by atoms with E-state index in [1.165, 1.54) is 35.3 Å². The number of carboxylic acid groups (broad SMARTS) is 1. The summed E-state index contributed by atoms with van der Waals surface area (Å²) in [5, 5.41) is 9.71. The quantitative estimate of drug-likeness (QED) is 0.816. The van der Waals surface area contributed by atoms with Gasteiger partial charge in [-0.2, -0.15) is 0 Å². The standard InChI is InChI=1S/C25H25NO4/c27-23(28)22-9-16(25-10-15(11-25)12-25)13-26(22)24(29)30-14-21-19-7-3-1-5-17(19)18-6-2-4-8-20(18)21/h1-8,15-16,21-22H,9-14H2,(H,27,28)/t15?,16?,22-,25?/m0/s1. The van der Waals surface area contributed by atoms with Crippen LogP contribution in [0.2, 0.25) is 0 Å². The summed E-state index contributed by atoms with van der Waals surface area (Å²) in [6.07, 6.45) is 3.71. The Morgan fingerprint density at radius 2 is 1.60 bits per heavy atom. The van der Waals surface area contributed by atoms with Crippen LogP contribution in [0.3, 0.4) is 0 Å². The fraction of sp³-hybridized carbons (Fsp3) is 0.440. The average Bonchev–Trinajstić information content (AvgIpc) is 3.24. The third-order valence-corrected chi connectivity index (χ3v) is 8.11. The number of carbonyl (C=O) groups is 2. The van der Waals surface area contributed by atoms with Crippen molar-refractivity contribution in [3.05, 3.63) is 59.7 Å². The van der Waals surface area contributed by atoms with Gasteiger partial charge in [0.1, 0.15) is 12.6 Å². The van der Waals surface area contributed by atoms with Crippen LogP contribution in [0.4, 0.5) is 4.79 Å². The number of aliphatic carboxylic acids is 1. The molecule has 5 nitrogen and oxygen atoms in total. The summed E-state index contributed by atoms with van der Waals surface area (Å²) >= 11 is 0. The lowest BCUT2D eigenvalue weighted by molar-refractivity contribution is -0.149. The highest BCUT2D eigenvalue weighted by atomic mass is 16.6. The summed E-state index contributed by atoms with van der Waals surface area (Å²) in [6.45, 7) is 0.744. The van der Waals surface area contributed by atoms with E-state index < -0.39 is 18.1 Å². The Morgan fingerprint density at radius 1 is 1.00 bits per heavy atom. The Hall–Kier alpha value is -2.82. The van der Waals surface area contributed by atoms with E-state index in [4.69, 9.17) is 4.74 Å². The maximum absolute atomic E-state index is 13.0. The predicted molar refractivity (Wildman–Crippen MR) is 111 cm³/mol. The molecule has 4 aliphatic carbocycles. The van der Waals surface area contributed by atoms with Crippen molar-refractivity contribution in [2.75, 3.05) is 13.2 Å². The number of rotatable bonds is 4. The molecule has 5 aliphatic rings. The maximum Gasteiger partial charge on any atom is 0.410 e. The highest BCUT2D eigenvalue weighted by Gasteiger charge is 2.63. The van der Waals surface area contributed by atoms with Crippen LogP contribution in [0.25, 0.3) is 11.1 Å². The van der Waals surface area contributed by atoms with Gasteiger partial charge in [-0.1, -0.05) is 48.5 Å². The molecule has 154 valence electrons. The summed E-state index contributed by atoms with van der Waals surface area (Å²) < 4.78 is 5.75. The van der Waals surface area contributed by atoms with Crippen molar-refractivity contribution in [2.45, 2.75) is 37.6 Å². The second kappa shape index (κ2) is 6.34. The highest BCUT2D eigenvalue weighted by Crippen LogP contribution is 2.69. The summed E-state index contributed by atoms with van der Waals surface area (Å²) in [5.74, 6) is 0.208. The molecule has 1 aliphatic heterocycles. The molecule has 7 rings (SSSR count). The summed E-state index contributed by atoms with van der Waals surface area (Å²) in [6, 6.07) is 15.7. The van der Waals surface area contributed by atoms with Crippen LogP contribution in [0, 0.1) is 17.3 Å². The van der Waals surface area contributed by atoms with Gasteiger partial charge in [0.05, 0.1) is 0 Å². The van der Waals surface area contributed by atoms with Gasteiger partial charge < -0.3 is 9.84 Å². The van der Waals surface area contributed by atoms with Crippen molar-refractivity contribution < 1.29 is 19.4 Å². The molecule has 1 heterocycles. The zero-order valence-corrected chi connectivity index (χ0v) is 16.8. The van der Waals surface area contributed by atoms with E-state index in [1.807, 2.05) is 24.3 Å². The third-order valence-electron chi connectivity index (χ3n) is 8.11. The summed E-state index contributed by atoms with van der Waals surface area (Å²) in [4.78, 5) is 26.3. The molecule has 1 saturated heterocycles. The molecular formula is C25H25NO4. The molecule has 30 heavy (non-hydrogen) atoms. The van der Waals surface area contributed by atoms with E-state index in [-0.39, 0.29) is 12.5 Å². The molecule has 0 spiro atoms. The van der Waals surface area contributed by atoms with Crippen LogP contribution in [-0.2, 0) is 9.53 Å². The van der Waals surface area contributed by atoms with E-state index in [1.54, 1.807) is 0 Å². The van der Waals surface area contributed by atoms with Gasteiger partial charge >= 0.3 is 12.1 Å². The monoisotopic (exact) mass is 403 g/mol. The number of carboxylic acids is 1. The number of likely N-dealkylation sites (tertiary alicyclic amines) is 1. The lowest BCUT2D eigenvalue weighted by Gasteiger charge is -2.65. The van der Waals surface area contributed by atoms with Gasteiger partial charge in [0, 0.05) is 12.5 Å². The Labute approximate surface area is 175 Å². The minimum Gasteiger partial charge on any atom is -0.480 e. The van der Waals surface area contributed by atoms with Crippen molar-refractivity contribution in [3.8, 4) is 11.1 Å². The number of amides is 1. The minimum atomic E-state index is -0.919. The molecule has 0 aromatic heterocycles. The number of fused-ring (bicyclic) bond motifs is 3. The molecule has 2 atom stereocenters. The number of benzene rings is 2. The Morgan fingerprint density at radius 3 is 2.13 bits per heavy atom. The largest absolute Gasteiger partial charge is 0.480 e. The zero-order chi connectivity index (χ0) is 20.5. The van der Waals surface area contributed by atoms with Gasteiger partial charge in [0.25, 0.3) is 0 Å². The van der Waals surface area contributed by atoms with Crippen molar-refractivity contribution >= 4 is 12.1 Å². The molecule has 4 fully saturated rings. The fourth-order valence-electron chi connectivity index (χ4n) is 6.44.